The Kier molecular flexibility index (Phi) is 7.46. The molecule has 1 aromatic carbocycles. The Morgan fingerprint density at radius 1 is 1.14 bits per heavy atom. The lowest BCUT2D eigenvalue weighted by Gasteiger charge is -2.09. The van der Waals surface area contributed by atoms with Gasteiger partial charge < -0.3 is 15.4 Å². The molecule has 0 aliphatic rings. The number of amides is 2. The van der Waals surface area contributed by atoms with Gasteiger partial charge in [-0.3, -0.25) is 9.59 Å². The number of carbonyl (C=O) groups excluding carboxylic acids is 2. The Hall–Kier alpha value is -1.88. The zero-order valence-electron chi connectivity index (χ0n) is 12.9. The number of anilines is 1. The average molecular weight is 292 g/mol. The smallest absolute Gasteiger partial charge is 0.233 e. The van der Waals surface area contributed by atoms with E-state index >= 15 is 0 Å². The maximum atomic E-state index is 11.7. The van der Waals surface area contributed by atoms with E-state index < -0.39 is 0 Å². The molecule has 0 aliphatic heterocycles. The molecule has 1 rings (SSSR count). The van der Waals surface area contributed by atoms with Gasteiger partial charge in [0.2, 0.25) is 11.8 Å². The minimum atomic E-state index is -0.309. The monoisotopic (exact) mass is 292 g/mol. The standard InChI is InChI=1S/C16H24N2O3/c1-12(2)13-5-7-14(8-6-13)18-16(20)11-15(19)17-9-4-10-21-3/h5-8,12H,4,9-11H2,1-3H3,(H,17,19)(H,18,20). The molecule has 0 radical (unpaired) electrons. The topological polar surface area (TPSA) is 67.4 Å². The van der Waals surface area contributed by atoms with Crippen LogP contribution >= 0.6 is 0 Å². The molecule has 0 atom stereocenters. The van der Waals surface area contributed by atoms with Crippen LogP contribution in [0.1, 0.15) is 38.2 Å². The molecule has 116 valence electrons. The lowest BCUT2D eigenvalue weighted by atomic mass is 10.0. The summed E-state index contributed by atoms with van der Waals surface area (Å²) >= 11 is 0. The summed E-state index contributed by atoms with van der Waals surface area (Å²) in [6.45, 7) is 5.33. The van der Waals surface area contributed by atoms with Gasteiger partial charge in [0.05, 0.1) is 0 Å². The molecule has 2 amide bonds. The second-order valence-corrected chi connectivity index (χ2v) is 5.20. The van der Waals surface area contributed by atoms with Crippen molar-refractivity contribution >= 4 is 17.5 Å². The number of hydrogen-bond donors (Lipinski definition) is 2. The second-order valence-electron chi connectivity index (χ2n) is 5.20. The molecule has 0 saturated carbocycles. The largest absolute Gasteiger partial charge is 0.385 e. The molecule has 0 saturated heterocycles. The average Bonchev–Trinajstić information content (AvgIpc) is 2.44. The number of ether oxygens (including phenoxy) is 1. The Bertz CT molecular complexity index is 455. The fourth-order valence-corrected chi connectivity index (χ4v) is 1.81. The van der Waals surface area contributed by atoms with E-state index in [4.69, 9.17) is 4.74 Å². The van der Waals surface area contributed by atoms with Gasteiger partial charge >= 0.3 is 0 Å². The highest BCUT2D eigenvalue weighted by atomic mass is 16.5. The molecule has 21 heavy (non-hydrogen) atoms. The summed E-state index contributed by atoms with van der Waals surface area (Å²) in [4.78, 5) is 23.3. The van der Waals surface area contributed by atoms with Gasteiger partial charge in [-0.1, -0.05) is 26.0 Å². The maximum Gasteiger partial charge on any atom is 0.233 e. The predicted octanol–water partition coefficient (Wildman–Crippen LogP) is 2.29. The molecule has 0 fully saturated rings. The summed E-state index contributed by atoms with van der Waals surface area (Å²) < 4.78 is 4.88. The summed E-state index contributed by atoms with van der Waals surface area (Å²) in [5.74, 6) is -0.133. The van der Waals surface area contributed by atoms with E-state index in [-0.39, 0.29) is 18.2 Å². The third-order valence-corrected chi connectivity index (χ3v) is 3.03. The molecule has 0 aliphatic carbocycles. The second kappa shape index (κ2) is 9.13. The third-order valence-electron chi connectivity index (χ3n) is 3.03. The van der Waals surface area contributed by atoms with Gasteiger partial charge in [-0.2, -0.15) is 0 Å². The highest BCUT2D eigenvalue weighted by molar-refractivity contribution is 6.03. The molecular weight excluding hydrogens is 268 g/mol. The number of nitrogens with one attached hydrogen (secondary N) is 2. The number of hydrogen-bond acceptors (Lipinski definition) is 3. The molecule has 0 aromatic heterocycles. The molecular formula is C16H24N2O3. The van der Waals surface area contributed by atoms with Gasteiger partial charge in [-0.05, 0) is 30.0 Å². The van der Waals surface area contributed by atoms with Crippen LogP contribution in [0.4, 0.5) is 5.69 Å². The van der Waals surface area contributed by atoms with E-state index in [2.05, 4.69) is 24.5 Å². The van der Waals surface area contributed by atoms with Crippen LogP contribution in [0, 0.1) is 0 Å². The summed E-state index contributed by atoms with van der Waals surface area (Å²) in [5.41, 5.74) is 1.92. The van der Waals surface area contributed by atoms with Crippen LogP contribution in [0.25, 0.3) is 0 Å². The normalized spacial score (nSPS) is 10.5. The number of benzene rings is 1. The van der Waals surface area contributed by atoms with E-state index in [0.717, 1.165) is 6.42 Å². The summed E-state index contributed by atoms with van der Waals surface area (Å²) in [7, 11) is 1.61. The highest BCUT2D eigenvalue weighted by Gasteiger charge is 2.09. The van der Waals surface area contributed by atoms with Crippen LogP contribution in [0.5, 0.6) is 0 Å². The van der Waals surface area contributed by atoms with E-state index in [1.807, 2.05) is 24.3 Å². The van der Waals surface area contributed by atoms with Crippen molar-refractivity contribution in [1.29, 1.82) is 0 Å². The Balaban J connectivity index is 2.34. The van der Waals surface area contributed by atoms with Crippen LogP contribution < -0.4 is 10.6 Å². The maximum absolute atomic E-state index is 11.7. The van der Waals surface area contributed by atoms with Crippen molar-refractivity contribution in [3.8, 4) is 0 Å². The highest BCUT2D eigenvalue weighted by Crippen LogP contribution is 2.17. The Morgan fingerprint density at radius 3 is 2.38 bits per heavy atom. The van der Waals surface area contributed by atoms with Crippen molar-refractivity contribution in [3.05, 3.63) is 29.8 Å². The minimum absolute atomic E-state index is 0.168. The molecule has 0 spiro atoms. The number of rotatable bonds is 8. The van der Waals surface area contributed by atoms with Gasteiger partial charge in [0, 0.05) is 25.9 Å². The Morgan fingerprint density at radius 2 is 1.81 bits per heavy atom. The van der Waals surface area contributed by atoms with Crippen molar-refractivity contribution in [2.75, 3.05) is 25.6 Å². The lowest BCUT2D eigenvalue weighted by molar-refractivity contribution is -0.126. The number of methoxy groups -OCH3 is 1. The van der Waals surface area contributed by atoms with Crippen molar-refractivity contribution in [1.82, 2.24) is 5.32 Å². The SMILES string of the molecule is COCCCNC(=O)CC(=O)Nc1ccc(C(C)C)cc1. The first kappa shape index (κ1) is 17.2. The zero-order chi connectivity index (χ0) is 15.7. The summed E-state index contributed by atoms with van der Waals surface area (Å²) in [6, 6.07) is 7.66. The fraction of sp³-hybridized carbons (Fsp3) is 0.500. The van der Waals surface area contributed by atoms with Crippen LogP contribution in [0.2, 0.25) is 0 Å². The zero-order valence-corrected chi connectivity index (χ0v) is 12.9. The summed E-state index contributed by atoms with van der Waals surface area (Å²) in [6.07, 6.45) is 0.569. The molecule has 5 nitrogen and oxygen atoms in total. The van der Waals surface area contributed by atoms with Gasteiger partial charge in [-0.25, -0.2) is 0 Å². The molecule has 0 unspecified atom stereocenters. The van der Waals surface area contributed by atoms with Gasteiger partial charge in [0.15, 0.2) is 0 Å². The lowest BCUT2D eigenvalue weighted by Crippen LogP contribution is -2.29. The first-order chi connectivity index (χ1) is 10.0. The molecule has 5 heteroatoms. The summed E-state index contributed by atoms with van der Waals surface area (Å²) in [5, 5.41) is 5.39. The van der Waals surface area contributed by atoms with Crippen LogP contribution in [0.15, 0.2) is 24.3 Å². The van der Waals surface area contributed by atoms with E-state index in [1.165, 1.54) is 5.56 Å². The van der Waals surface area contributed by atoms with Crippen LogP contribution in [0.3, 0.4) is 0 Å². The van der Waals surface area contributed by atoms with Crippen molar-refractivity contribution in [2.24, 2.45) is 0 Å². The van der Waals surface area contributed by atoms with Gasteiger partial charge in [0.1, 0.15) is 6.42 Å². The molecule has 2 N–H and O–H groups in total. The van der Waals surface area contributed by atoms with Crippen LogP contribution in [-0.2, 0) is 14.3 Å². The van der Waals surface area contributed by atoms with E-state index in [9.17, 15) is 9.59 Å². The van der Waals surface area contributed by atoms with E-state index in [0.29, 0.717) is 24.8 Å². The van der Waals surface area contributed by atoms with Crippen molar-refractivity contribution in [3.63, 3.8) is 0 Å². The van der Waals surface area contributed by atoms with Gasteiger partial charge in [-0.15, -0.1) is 0 Å². The minimum Gasteiger partial charge on any atom is -0.385 e. The quantitative estimate of drug-likeness (QED) is 0.570. The van der Waals surface area contributed by atoms with Crippen molar-refractivity contribution in [2.45, 2.75) is 32.6 Å². The van der Waals surface area contributed by atoms with Crippen molar-refractivity contribution < 1.29 is 14.3 Å². The van der Waals surface area contributed by atoms with Gasteiger partial charge in [0.25, 0.3) is 0 Å². The fourth-order valence-electron chi connectivity index (χ4n) is 1.81. The Labute approximate surface area is 126 Å². The van der Waals surface area contributed by atoms with E-state index in [1.54, 1.807) is 7.11 Å². The first-order valence-electron chi connectivity index (χ1n) is 7.18. The third kappa shape index (κ3) is 6.90. The molecule has 0 bridgehead atoms. The number of carbonyl (C=O) groups is 2. The predicted molar refractivity (Wildman–Crippen MR) is 83.3 cm³/mol. The van der Waals surface area contributed by atoms with Crippen LogP contribution in [-0.4, -0.2) is 32.1 Å². The first-order valence-corrected chi connectivity index (χ1v) is 7.18. The molecule has 1 aromatic rings. The molecule has 0 heterocycles.